The largest absolute Gasteiger partial charge is 0.416 e. The monoisotopic (exact) mass is 357 g/mol. The predicted molar refractivity (Wildman–Crippen MR) is 86.4 cm³/mol. The molecule has 1 saturated heterocycles. The van der Waals surface area contributed by atoms with E-state index >= 15 is 0 Å². The summed E-state index contributed by atoms with van der Waals surface area (Å²) in [5.74, 6) is 0.120. The van der Waals surface area contributed by atoms with Crippen molar-refractivity contribution in [3.05, 3.63) is 57.8 Å². The molecule has 1 aromatic heterocycles. The summed E-state index contributed by atoms with van der Waals surface area (Å²) in [7, 11) is 0. The van der Waals surface area contributed by atoms with Crippen molar-refractivity contribution in [2.75, 3.05) is 12.3 Å². The second-order valence-electron chi connectivity index (χ2n) is 5.16. The lowest BCUT2D eigenvalue weighted by Crippen LogP contribution is -2.31. The normalized spacial score (nSPS) is 18.7. The van der Waals surface area contributed by atoms with Crippen molar-refractivity contribution < 1.29 is 18.0 Å². The van der Waals surface area contributed by atoms with Crippen LogP contribution < -0.4 is 0 Å². The van der Waals surface area contributed by atoms with Crippen LogP contribution in [0.5, 0.6) is 0 Å². The Hall–Kier alpha value is -1.47. The number of halogens is 3. The number of carbonyl (C=O) groups is 1. The summed E-state index contributed by atoms with van der Waals surface area (Å²) in [6, 6.07) is 9.41. The molecule has 7 heteroatoms. The van der Waals surface area contributed by atoms with E-state index in [-0.39, 0.29) is 17.2 Å². The Morgan fingerprint density at radius 2 is 1.96 bits per heavy atom. The Balaban J connectivity index is 1.85. The molecule has 1 atom stereocenters. The molecule has 2 aromatic rings. The van der Waals surface area contributed by atoms with E-state index in [0.717, 1.165) is 10.9 Å². The lowest BCUT2D eigenvalue weighted by molar-refractivity contribution is -0.139. The summed E-state index contributed by atoms with van der Waals surface area (Å²) >= 11 is 2.85. The average molecular weight is 357 g/mol. The van der Waals surface area contributed by atoms with Crippen LogP contribution in [-0.4, -0.2) is 23.1 Å². The zero-order chi connectivity index (χ0) is 16.4. The molecule has 1 unspecified atom stereocenters. The molecule has 1 aromatic carbocycles. The highest BCUT2D eigenvalue weighted by Gasteiger charge is 2.40. The highest BCUT2D eigenvalue weighted by atomic mass is 32.2. The topological polar surface area (TPSA) is 20.3 Å². The first-order valence-corrected chi connectivity index (χ1v) is 8.99. The first kappa shape index (κ1) is 16.4. The number of alkyl halides is 3. The number of thioether (sulfide) groups is 1. The van der Waals surface area contributed by atoms with Gasteiger partial charge in [0.2, 0.25) is 5.91 Å². The maximum Gasteiger partial charge on any atom is 0.416 e. The van der Waals surface area contributed by atoms with E-state index in [0.29, 0.717) is 13.0 Å². The van der Waals surface area contributed by atoms with Crippen LogP contribution in [-0.2, 0) is 17.4 Å². The van der Waals surface area contributed by atoms with Crippen molar-refractivity contribution in [3.63, 3.8) is 0 Å². The van der Waals surface area contributed by atoms with Crippen molar-refractivity contribution in [1.82, 2.24) is 4.90 Å². The fourth-order valence-electron chi connectivity index (χ4n) is 2.61. The van der Waals surface area contributed by atoms with Crippen LogP contribution in [0.3, 0.4) is 0 Å². The molecule has 0 bridgehead atoms. The van der Waals surface area contributed by atoms with Crippen molar-refractivity contribution >= 4 is 29.0 Å². The molecule has 1 amide bonds. The smallest absolute Gasteiger partial charge is 0.325 e. The molecule has 0 spiro atoms. The molecule has 23 heavy (non-hydrogen) atoms. The molecule has 1 fully saturated rings. The third kappa shape index (κ3) is 3.55. The number of thiophene rings is 1. The minimum atomic E-state index is -4.41. The van der Waals surface area contributed by atoms with Crippen LogP contribution in [0.4, 0.5) is 13.2 Å². The van der Waals surface area contributed by atoms with Crippen molar-refractivity contribution in [2.24, 2.45) is 0 Å². The summed E-state index contributed by atoms with van der Waals surface area (Å²) in [4.78, 5) is 14.8. The van der Waals surface area contributed by atoms with Gasteiger partial charge < -0.3 is 4.90 Å². The van der Waals surface area contributed by atoms with Crippen LogP contribution in [0, 0.1) is 0 Å². The second kappa shape index (κ2) is 6.57. The standard InChI is InChI=1S/C16H14F3NOS2/c17-16(18,19)13-6-2-1-5-12(13)15-20(14(21)10-23-15)8-7-11-4-3-9-22-11/h1-6,9,15H,7-8,10H2. The Morgan fingerprint density at radius 1 is 1.17 bits per heavy atom. The van der Waals surface area contributed by atoms with Crippen LogP contribution in [0.15, 0.2) is 41.8 Å². The average Bonchev–Trinajstić information content (AvgIpc) is 3.14. The Morgan fingerprint density at radius 3 is 2.65 bits per heavy atom. The van der Waals surface area contributed by atoms with Crippen LogP contribution >= 0.6 is 23.1 Å². The number of nitrogens with zero attached hydrogens (tertiary/aromatic N) is 1. The third-order valence-corrected chi connectivity index (χ3v) is 5.85. The molecule has 0 saturated carbocycles. The summed E-state index contributed by atoms with van der Waals surface area (Å²) in [5.41, 5.74) is -0.490. The van der Waals surface area contributed by atoms with Gasteiger partial charge in [0.25, 0.3) is 0 Å². The number of carbonyl (C=O) groups excluding carboxylic acids is 1. The lowest BCUT2D eigenvalue weighted by atomic mass is 10.1. The van der Waals surface area contributed by atoms with Gasteiger partial charge in [-0.15, -0.1) is 23.1 Å². The first-order chi connectivity index (χ1) is 11.0. The Labute approximate surface area is 140 Å². The molecule has 1 aliphatic heterocycles. The zero-order valence-electron chi connectivity index (χ0n) is 12.0. The van der Waals surface area contributed by atoms with Crippen molar-refractivity contribution in [1.29, 1.82) is 0 Å². The van der Waals surface area contributed by atoms with Crippen LogP contribution in [0.2, 0.25) is 0 Å². The van der Waals surface area contributed by atoms with Gasteiger partial charge in [-0.3, -0.25) is 4.79 Å². The van der Waals surface area contributed by atoms with E-state index in [4.69, 9.17) is 0 Å². The van der Waals surface area contributed by atoms with E-state index in [1.165, 1.54) is 23.9 Å². The minimum Gasteiger partial charge on any atom is -0.325 e. The van der Waals surface area contributed by atoms with Crippen LogP contribution in [0.25, 0.3) is 0 Å². The van der Waals surface area contributed by atoms with Gasteiger partial charge in [0.05, 0.1) is 11.3 Å². The Bertz CT molecular complexity index is 685. The molecule has 0 radical (unpaired) electrons. The first-order valence-electron chi connectivity index (χ1n) is 7.06. The summed E-state index contributed by atoms with van der Waals surface area (Å²) < 4.78 is 39.7. The van der Waals surface area contributed by atoms with Gasteiger partial charge >= 0.3 is 6.18 Å². The number of rotatable bonds is 4. The molecule has 0 aliphatic carbocycles. The third-order valence-electron chi connectivity index (χ3n) is 3.68. The molecule has 1 aliphatic rings. The summed E-state index contributed by atoms with van der Waals surface area (Å²) in [6.07, 6.45) is -3.75. The number of benzene rings is 1. The maximum atomic E-state index is 13.2. The SMILES string of the molecule is O=C1CSC(c2ccccc2C(F)(F)F)N1CCc1cccs1. The highest BCUT2D eigenvalue weighted by molar-refractivity contribution is 8.00. The van der Waals surface area contributed by atoms with Crippen molar-refractivity contribution in [2.45, 2.75) is 18.0 Å². The molecule has 2 heterocycles. The van der Waals surface area contributed by atoms with E-state index in [1.54, 1.807) is 22.3 Å². The molecule has 3 rings (SSSR count). The van der Waals surface area contributed by atoms with Gasteiger partial charge in [0.1, 0.15) is 5.37 Å². The van der Waals surface area contributed by atoms with Gasteiger partial charge in [-0.2, -0.15) is 13.2 Å². The fourth-order valence-corrected chi connectivity index (χ4v) is 4.56. The van der Waals surface area contributed by atoms with Gasteiger partial charge in [-0.25, -0.2) is 0 Å². The molecular formula is C16H14F3NOS2. The zero-order valence-corrected chi connectivity index (χ0v) is 13.7. The number of hydrogen-bond donors (Lipinski definition) is 0. The predicted octanol–water partition coefficient (Wildman–Crippen LogP) is 4.58. The molecule has 2 nitrogen and oxygen atoms in total. The molecule has 0 N–H and O–H groups in total. The number of hydrogen-bond acceptors (Lipinski definition) is 3. The quantitative estimate of drug-likeness (QED) is 0.798. The maximum absolute atomic E-state index is 13.2. The van der Waals surface area contributed by atoms with Crippen molar-refractivity contribution in [3.8, 4) is 0 Å². The molecular weight excluding hydrogens is 343 g/mol. The van der Waals surface area contributed by atoms with Gasteiger partial charge in [0, 0.05) is 11.4 Å². The second-order valence-corrected chi connectivity index (χ2v) is 7.27. The highest BCUT2D eigenvalue weighted by Crippen LogP contribution is 2.44. The van der Waals surface area contributed by atoms with Gasteiger partial charge in [0.15, 0.2) is 0 Å². The Kier molecular flexibility index (Phi) is 4.68. The van der Waals surface area contributed by atoms with E-state index in [2.05, 4.69) is 0 Å². The minimum absolute atomic E-state index is 0.103. The molecule has 122 valence electrons. The van der Waals surface area contributed by atoms with E-state index in [1.807, 2.05) is 17.5 Å². The summed E-state index contributed by atoms with van der Waals surface area (Å²) in [6.45, 7) is 0.434. The van der Waals surface area contributed by atoms with E-state index < -0.39 is 17.1 Å². The lowest BCUT2D eigenvalue weighted by Gasteiger charge is -2.26. The van der Waals surface area contributed by atoms with Gasteiger partial charge in [-0.1, -0.05) is 24.3 Å². The van der Waals surface area contributed by atoms with E-state index in [9.17, 15) is 18.0 Å². The van der Waals surface area contributed by atoms with Crippen LogP contribution in [0.1, 0.15) is 21.4 Å². The number of amides is 1. The van der Waals surface area contributed by atoms with Gasteiger partial charge in [-0.05, 0) is 29.5 Å². The fraction of sp³-hybridized carbons (Fsp3) is 0.312. The summed E-state index contributed by atoms with van der Waals surface area (Å²) in [5, 5.41) is 1.38.